The van der Waals surface area contributed by atoms with Gasteiger partial charge in [-0.3, -0.25) is 4.79 Å². The summed E-state index contributed by atoms with van der Waals surface area (Å²) >= 11 is 4.95. The predicted octanol–water partition coefficient (Wildman–Crippen LogP) is 4.15. The zero-order valence-electron chi connectivity index (χ0n) is 15.3. The molecule has 3 aromatic rings. The number of nitrogens with zero attached hydrogens (tertiary/aromatic N) is 4. The maximum absolute atomic E-state index is 12.5. The van der Waals surface area contributed by atoms with Crippen LogP contribution in [0.25, 0.3) is 0 Å². The van der Waals surface area contributed by atoms with E-state index in [0.717, 1.165) is 21.0 Å². The lowest BCUT2D eigenvalue weighted by Gasteiger charge is -2.18. The molecule has 1 amide bonds. The molecule has 5 nitrogen and oxygen atoms in total. The molecular formula is C20H21BrN4OS. The highest BCUT2D eigenvalue weighted by Gasteiger charge is 2.15. The minimum absolute atomic E-state index is 0.0580. The third kappa shape index (κ3) is 5.20. The minimum atomic E-state index is 0.0580. The zero-order valence-corrected chi connectivity index (χ0v) is 17.7. The first-order valence-corrected chi connectivity index (χ1v) is 10.4. The van der Waals surface area contributed by atoms with Gasteiger partial charge in [0.1, 0.15) is 5.82 Å². The van der Waals surface area contributed by atoms with Crippen LogP contribution in [0.5, 0.6) is 0 Å². The van der Waals surface area contributed by atoms with Crippen LogP contribution in [0, 0.1) is 6.92 Å². The van der Waals surface area contributed by atoms with Crippen molar-refractivity contribution in [3.63, 3.8) is 0 Å². The topological polar surface area (TPSA) is 51.0 Å². The Bertz CT molecular complexity index is 913. The van der Waals surface area contributed by atoms with E-state index in [-0.39, 0.29) is 5.91 Å². The number of amides is 1. The van der Waals surface area contributed by atoms with E-state index in [4.69, 9.17) is 0 Å². The summed E-state index contributed by atoms with van der Waals surface area (Å²) in [4.78, 5) is 14.3. The smallest absolute Gasteiger partial charge is 0.233 e. The SMILES string of the molecule is Cc1nnc(SCC(=O)N(C)Cc2ccccc2Br)n1Cc1ccccc1. The molecule has 0 bridgehead atoms. The van der Waals surface area contributed by atoms with Crippen molar-refractivity contribution in [1.29, 1.82) is 0 Å². The van der Waals surface area contributed by atoms with Crippen LogP contribution in [0.4, 0.5) is 0 Å². The van der Waals surface area contributed by atoms with Crippen molar-refractivity contribution in [3.05, 3.63) is 76.0 Å². The number of carbonyl (C=O) groups is 1. The van der Waals surface area contributed by atoms with Crippen LogP contribution in [0.2, 0.25) is 0 Å². The average molecular weight is 445 g/mol. The molecule has 0 aliphatic heterocycles. The predicted molar refractivity (Wildman–Crippen MR) is 112 cm³/mol. The maximum Gasteiger partial charge on any atom is 0.233 e. The summed E-state index contributed by atoms with van der Waals surface area (Å²) in [7, 11) is 1.82. The molecule has 0 saturated heterocycles. The Morgan fingerprint density at radius 3 is 2.56 bits per heavy atom. The molecule has 3 rings (SSSR count). The molecule has 1 aromatic heterocycles. The fourth-order valence-electron chi connectivity index (χ4n) is 2.62. The van der Waals surface area contributed by atoms with Crippen molar-refractivity contribution < 1.29 is 4.79 Å². The van der Waals surface area contributed by atoms with Gasteiger partial charge in [-0.25, -0.2) is 0 Å². The summed E-state index contributed by atoms with van der Waals surface area (Å²) in [5.74, 6) is 1.23. The normalized spacial score (nSPS) is 10.8. The van der Waals surface area contributed by atoms with Gasteiger partial charge in [-0.1, -0.05) is 76.2 Å². The second-order valence-corrected chi connectivity index (χ2v) is 8.03. The lowest BCUT2D eigenvalue weighted by molar-refractivity contribution is -0.127. The first-order chi connectivity index (χ1) is 13.0. The Labute approximate surface area is 171 Å². The van der Waals surface area contributed by atoms with Gasteiger partial charge in [-0.05, 0) is 24.1 Å². The third-order valence-corrected chi connectivity index (χ3v) is 5.93. The number of aromatic nitrogens is 3. The first kappa shape index (κ1) is 19.6. The number of benzene rings is 2. The monoisotopic (exact) mass is 444 g/mol. The summed E-state index contributed by atoms with van der Waals surface area (Å²) < 4.78 is 3.05. The Balaban J connectivity index is 1.61. The number of rotatable bonds is 7. The summed E-state index contributed by atoms with van der Waals surface area (Å²) in [6.45, 7) is 3.19. The molecule has 7 heteroatoms. The largest absolute Gasteiger partial charge is 0.341 e. The van der Waals surface area contributed by atoms with Crippen LogP contribution < -0.4 is 0 Å². The molecule has 0 fully saturated rings. The lowest BCUT2D eigenvalue weighted by atomic mass is 10.2. The van der Waals surface area contributed by atoms with Crippen molar-refractivity contribution >= 4 is 33.6 Å². The van der Waals surface area contributed by atoms with Gasteiger partial charge in [0.05, 0.1) is 12.3 Å². The van der Waals surface area contributed by atoms with E-state index in [1.165, 1.54) is 17.3 Å². The van der Waals surface area contributed by atoms with Gasteiger partial charge in [0.15, 0.2) is 5.16 Å². The molecule has 0 aliphatic rings. The molecule has 0 atom stereocenters. The number of thioether (sulfide) groups is 1. The second kappa shape index (κ2) is 9.19. The van der Waals surface area contributed by atoms with Gasteiger partial charge >= 0.3 is 0 Å². The van der Waals surface area contributed by atoms with Gasteiger partial charge < -0.3 is 9.47 Å². The molecule has 0 spiro atoms. The van der Waals surface area contributed by atoms with Crippen LogP contribution in [0.1, 0.15) is 17.0 Å². The number of hydrogen-bond acceptors (Lipinski definition) is 4. The van der Waals surface area contributed by atoms with E-state index in [0.29, 0.717) is 18.8 Å². The molecule has 1 heterocycles. The van der Waals surface area contributed by atoms with Gasteiger partial charge in [0.25, 0.3) is 0 Å². The number of hydrogen-bond donors (Lipinski definition) is 0. The molecule has 0 radical (unpaired) electrons. The van der Waals surface area contributed by atoms with Crippen LogP contribution in [0.15, 0.2) is 64.2 Å². The summed E-state index contributed by atoms with van der Waals surface area (Å²) in [6, 6.07) is 18.1. The van der Waals surface area contributed by atoms with E-state index >= 15 is 0 Å². The highest BCUT2D eigenvalue weighted by molar-refractivity contribution is 9.10. The van der Waals surface area contributed by atoms with Crippen LogP contribution in [-0.4, -0.2) is 38.4 Å². The molecule has 0 saturated carbocycles. The molecule has 0 N–H and O–H groups in total. The summed E-state index contributed by atoms with van der Waals surface area (Å²) in [6.07, 6.45) is 0. The average Bonchev–Trinajstić information content (AvgIpc) is 3.02. The zero-order chi connectivity index (χ0) is 19.2. The number of carbonyl (C=O) groups excluding carboxylic acids is 1. The maximum atomic E-state index is 12.5. The minimum Gasteiger partial charge on any atom is -0.341 e. The van der Waals surface area contributed by atoms with Crippen molar-refractivity contribution in [3.8, 4) is 0 Å². The highest BCUT2D eigenvalue weighted by Crippen LogP contribution is 2.21. The highest BCUT2D eigenvalue weighted by atomic mass is 79.9. The molecule has 2 aromatic carbocycles. The fourth-order valence-corrected chi connectivity index (χ4v) is 3.96. The van der Waals surface area contributed by atoms with Crippen LogP contribution in [-0.2, 0) is 17.9 Å². The second-order valence-electron chi connectivity index (χ2n) is 6.23. The first-order valence-electron chi connectivity index (χ1n) is 8.58. The van der Waals surface area contributed by atoms with Gasteiger partial charge in [-0.15, -0.1) is 10.2 Å². The van der Waals surface area contributed by atoms with Crippen molar-refractivity contribution in [2.75, 3.05) is 12.8 Å². The summed E-state index contributed by atoms with van der Waals surface area (Å²) in [5.41, 5.74) is 2.26. The van der Waals surface area contributed by atoms with E-state index in [2.05, 4.69) is 38.3 Å². The molecule has 0 unspecified atom stereocenters. The molecule has 140 valence electrons. The number of halogens is 1. The quantitative estimate of drug-likeness (QED) is 0.513. The van der Waals surface area contributed by atoms with Crippen LogP contribution in [0.3, 0.4) is 0 Å². The van der Waals surface area contributed by atoms with E-state index < -0.39 is 0 Å². The Morgan fingerprint density at radius 1 is 1.11 bits per heavy atom. The molecular weight excluding hydrogens is 424 g/mol. The summed E-state index contributed by atoms with van der Waals surface area (Å²) in [5, 5.41) is 9.18. The van der Waals surface area contributed by atoms with Gasteiger partial charge in [0.2, 0.25) is 5.91 Å². The van der Waals surface area contributed by atoms with E-state index in [1.54, 1.807) is 4.90 Å². The van der Waals surface area contributed by atoms with Crippen molar-refractivity contribution in [2.45, 2.75) is 25.2 Å². The van der Waals surface area contributed by atoms with Crippen molar-refractivity contribution in [1.82, 2.24) is 19.7 Å². The van der Waals surface area contributed by atoms with Gasteiger partial charge in [-0.2, -0.15) is 0 Å². The van der Waals surface area contributed by atoms with E-state index in [9.17, 15) is 4.79 Å². The lowest BCUT2D eigenvalue weighted by Crippen LogP contribution is -2.28. The molecule has 27 heavy (non-hydrogen) atoms. The number of aryl methyl sites for hydroxylation is 1. The Hall–Kier alpha value is -2.12. The standard InChI is InChI=1S/C20H21BrN4OS/c1-15-22-23-20(25(15)12-16-8-4-3-5-9-16)27-14-19(26)24(2)13-17-10-6-7-11-18(17)21/h3-11H,12-14H2,1-2H3. The third-order valence-electron chi connectivity index (χ3n) is 4.20. The van der Waals surface area contributed by atoms with Gasteiger partial charge in [0, 0.05) is 18.1 Å². The van der Waals surface area contributed by atoms with Crippen LogP contribution >= 0.6 is 27.7 Å². The fraction of sp³-hybridized carbons (Fsp3) is 0.250. The van der Waals surface area contributed by atoms with E-state index in [1.807, 2.05) is 61.0 Å². The molecule has 0 aliphatic carbocycles. The Kier molecular flexibility index (Phi) is 6.68. The Morgan fingerprint density at radius 2 is 1.81 bits per heavy atom. The van der Waals surface area contributed by atoms with Crippen molar-refractivity contribution in [2.24, 2.45) is 0 Å².